The molecule has 3 nitrogen and oxygen atoms in total. The highest BCUT2D eigenvalue weighted by Crippen LogP contribution is 2.44. The number of rotatable bonds is 5. The van der Waals surface area contributed by atoms with Gasteiger partial charge in [-0.2, -0.15) is 0 Å². The zero-order valence-electron chi connectivity index (χ0n) is 28.8. The highest BCUT2D eigenvalue weighted by atomic mass is 16.4. The Morgan fingerprint density at radius 3 is 1.90 bits per heavy atom. The third-order valence-corrected chi connectivity index (χ3v) is 9.83. The summed E-state index contributed by atoms with van der Waals surface area (Å²) in [5, 5.41) is 4.42. The summed E-state index contributed by atoms with van der Waals surface area (Å²) in [5.74, 6) is 1.19. The molecule has 8 aromatic rings. The van der Waals surface area contributed by atoms with E-state index in [4.69, 9.17) is 13.8 Å². The summed E-state index contributed by atoms with van der Waals surface area (Å²) < 4.78 is 13.4. The molecule has 0 bridgehead atoms. The number of benzene rings is 6. The monoisotopic (exact) mass is 627 g/mol. The first-order valence-electron chi connectivity index (χ1n) is 17.1. The maximum Gasteiger partial charge on any atom is 0.231 e. The maximum atomic E-state index is 6.79. The van der Waals surface area contributed by atoms with Crippen molar-refractivity contribution in [3.05, 3.63) is 126 Å². The van der Waals surface area contributed by atoms with Crippen LogP contribution in [0.3, 0.4) is 0 Å². The molecule has 0 unspecified atom stereocenters. The summed E-state index contributed by atoms with van der Waals surface area (Å²) in [6.45, 7) is 15.9. The Hall–Kier alpha value is -5.15. The summed E-state index contributed by atoms with van der Waals surface area (Å²) in [4.78, 5) is 5.07. The molecular weight excluding hydrogens is 587 g/mol. The minimum absolute atomic E-state index is 0.119. The van der Waals surface area contributed by atoms with Gasteiger partial charge in [0, 0.05) is 21.7 Å². The van der Waals surface area contributed by atoms with Gasteiger partial charge >= 0.3 is 0 Å². The third kappa shape index (κ3) is 4.92. The Bertz CT molecular complexity index is 2450. The first-order chi connectivity index (χ1) is 23.1. The highest BCUT2D eigenvalue weighted by Gasteiger charge is 2.24. The fraction of sp³-hybridized carbons (Fsp3) is 0.222. The minimum atomic E-state index is 0.119. The van der Waals surface area contributed by atoms with Crippen molar-refractivity contribution < 1.29 is 8.83 Å². The van der Waals surface area contributed by atoms with Crippen LogP contribution in [0.1, 0.15) is 77.0 Å². The maximum absolute atomic E-state index is 6.79. The van der Waals surface area contributed by atoms with Crippen molar-refractivity contribution in [3.63, 3.8) is 0 Å². The topological polar surface area (TPSA) is 39.2 Å². The third-order valence-electron chi connectivity index (χ3n) is 9.83. The molecule has 2 aromatic heterocycles. The van der Waals surface area contributed by atoms with Crippen molar-refractivity contribution in [2.45, 2.75) is 65.7 Å². The number of furan rings is 1. The van der Waals surface area contributed by atoms with E-state index in [0.717, 1.165) is 54.9 Å². The number of aromatic nitrogens is 1. The van der Waals surface area contributed by atoms with Crippen molar-refractivity contribution in [2.75, 3.05) is 0 Å². The molecule has 8 rings (SSSR count). The van der Waals surface area contributed by atoms with Gasteiger partial charge in [-0.3, -0.25) is 0 Å². The van der Waals surface area contributed by atoms with Crippen LogP contribution in [0.4, 0.5) is 0 Å². The van der Waals surface area contributed by atoms with Gasteiger partial charge in [0.15, 0.2) is 5.58 Å². The van der Waals surface area contributed by atoms with Gasteiger partial charge in [-0.1, -0.05) is 139 Å². The van der Waals surface area contributed by atoms with Gasteiger partial charge in [-0.15, -0.1) is 0 Å². The van der Waals surface area contributed by atoms with Gasteiger partial charge in [0.2, 0.25) is 5.89 Å². The molecular formula is C45H41NO2. The summed E-state index contributed by atoms with van der Waals surface area (Å²) in [6.07, 6.45) is 0. The summed E-state index contributed by atoms with van der Waals surface area (Å²) in [6, 6.07) is 39.1. The first kappa shape index (κ1) is 30.2. The average Bonchev–Trinajstić information content (AvgIpc) is 3.69. The highest BCUT2D eigenvalue weighted by molar-refractivity contribution is 6.17. The lowest BCUT2D eigenvalue weighted by molar-refractivity contribution is 0.590. The molecule has 0 radical (unpaired) electrons. The van der Waals surface area contributed by atoms with Gasteiger partial charge in [-0.25, -0.2) is 4.98 Å². The van der Waals surface area contributed by atoms with Crippen LogP contribution >= 0.6 is 0 Å². The summed E-state index contributed by atoms with van der Waals surface area (Å²) in [5.41, 5.74) is 13.1. The standard InChI is InChI=1S/C45H41NO2/c1-26(2)37-24-30(28-18-21-31(22-19-28)45(5,6)7)25-38(27(3)4)40(37)35-15-11-17-39-43(35)48-44(46-39)36-16-10-14-33-34-23-20-29-12-8-9-13-32(29)41(34)47-42(33)36/h8-27H,1-7H3. The largest absolute Gasteiger partial charge is 0.455 e. The molecule has 2 heterocycles. The quantitative estimate of drug-likeness (QED) is 0.191. The SMILES string of the molecule is CC(C)c1cc(-c2ccc(C(C)(C)C)cc2)cc(C(C)C)c1-c1cccc2nc(-c3cccc4c3oc3c5ccccc5ccc43)oc12. The van der Waals surface area contributed by atoms with E-state index >= 15 is 0 Å². The lowest BCUT2D eigenvalue weighted by Crippen LogP contribution is -2.10. The van der Waals surface area contributed by atoms with Crippen LogP contribution in [0.5, 0.6) is 0 Å². The zero-order chi connectivity index (χ0) is 33.3. The van der Waals surface area contributed by atoms with Crippen LogP contribution in [0.15, 0.2) is 118 Å². The summed E-state index contributed by atoms with van der Waals surface area (Å²) in [7, 11) is 0. The van der Waals surface area contributed by atoms with Crippen LogP contribution < -0.4 is 0 Å². The average molecular weight is 628 g/mol. The van der Waals surface area contributed by atoms with Crippen molar-refractivity contribution in [2.24, 2.45) is 0 Å². The lowest BCUT2D eigenvalue weighted by atomic mass is 9.81. The van der Waals surface area contributed by atoms with E-state index in [0.29, 0.717) is 17.7 Å². The predicted molar refractivity (Wildman–Crippen MR) is 202 cm³/mol. The molecule has 0 atom stereocenters. The number of hydrogen-bond acceptors (Lipinski definition) is 3. The molecule has 0 aliphatic carbocycles. The fourth-order valence-electron chi connectivity index (χ4n) is 7.19. The molecule has 3 heteroatoms. The Morgan fingerprint density at radius 2 is 1.19 bits per heavy atom. The molecule has 0 saturated heterocycles. The second-order valence-corrected chi connectivity index (χ2v) is 14.8. The minimum Gasteiger partial charge on any atom is -0.455 e. The summed E-state index contributed by atoms with van der Waals surface area (Å²) >= 11 is 0. The van der Waals surface area contributed by atoms with E-state index in [-0.39, 0.29) is 5.41 Å². The molecule has 0 fully saturated rings. The molecule has 0 spiro atoms. The van der Waals surface area contributed by atoms with Crippen LogP contribution in [0.25, 0.3) is 77.5 Å². The number of hydrogen-bond donors (Lipinski definition) is 0. The van der Waals surface area contributed by atoms with Crippen LogP contribution in [0.2, 0.25) is 0 Å². The normalized spacial score (nSPS) is 12.4. The van der Waals surface area contributed by atoms with E-state index in [1.807, 2.05) is 6.07 Å². The smallest absolute Gasteiger partial charge is 0.231 e. The molecule has 0 saturated carbocycles. The Labute approximate surface area is 282 Å². The molecule has 0 amide bonds. The van der Waals surface area contributed by atoms with E-state index < -0.39 is 0 Å². The molecule has 0 aliphatic rings. The second-order valence-electron chi connectivity index (χ2n) is 14.8. The molecule has 6 aromatic carbocycles. The molecule has 48 heavy (non-hydrogen) atoms. The van der Waals surface area contributed by atoms with E-state index in [2.05, 4.69) is 152 Å². The van der Waals surface area contributed by atoms with Crippen LogP contribution in [0, 0.1) is 0 Å². The lowest BCUT2D eigenvalue weighted by Gasteiger charge is -2.23. The van der Waals surface area contributed by atoms with Gasteiger partial charge < -0.3 is 8.83 Å². The Balaban J connectivity index is 1.31. The van der Waals surface area contributed by atoms with Gasteiger partial charge in [0.05, 0.1) is 5.56 Å². The Kier molecular flexibility index (Phi) is 7.07. The van der Waals surface area contributed by atoms with Crippen molar-refractivity contribution in [1.29, 1.82) is 0 Å². The van der Waals surface area contributed by atoms with Crippen molar-refractivity contribution >= 4 is 43.8 Å². The van der Waals surface area contributed by atoms with Crippen LogP contribution in [-0.4, -0.2) is 4.98 Å². The first-order valence-corrected chi connectivity index (χ1v) is 17.1. The second kappa shape index (κ2) is 11.2. The number of para-hydroxylation sites is 2. The molecule has 238 valence electrons. The number of fused-ring (bicyclic) bond motifs is 6. The van der Waals surface area contributed by atoms with Gasteiger partial charge in [0.1, 0.15) is 16.7 Å². The van der Waals surface area contributed by atoms with E-state index in [1.54, 1.807) is 0 Å². The molecule has 0 aliphatic heterocycles. The van der Waals surface area contributed by atoms with Crippen molar-refractivity contribution in [1.82, 2.24) is 4.98 Å². The van der Waals surface area contributed by atoms with Gasteiger partial charge in [-0.05, 0) is 74.2 Å². The van der Waals surface area contributed by atoms with Crippen LogP contribution in [-0.2, 0) is 5.41 Å². The zero-order valence-corrected chi connectivity index (χ0v) is 28.8. The van der Waals surface area contributed by atoms with Crippen molar-refractivity contribution in [3.8, 4) is 33.7 Å². The van der Waals surface area contributed by atoms with E-state index in [9.17, 15) is 0 Å². The van der Waals surface area contributed by atoms with Gasteiger partial charge in [0.25, 0.3) is 0 Å². The predicted octanol–water partition coefficient (Wildman–Crippen LogP) is 13.4. The Morgan fingerprint density at radius 1 is 0.542 bits per heavy atom. The fourth-order valence-corrected chi connectivity index (χ4v) is 7.19. The molecule has 0 N–H and O–H groups in total. The van der Waals surface area contributed by atoms with E-state index in [1.165, 1.54) is 33.4 Å². The number of oxazole rings is 1. The number of nitrogens with zero attached hydrogens (tertiary/aromatic N) is 1.